The largest absolute Gasteiger partial charge is 0.453 e. The van der Waals surface area contributed by atoms with E-state index < -0.39 is 0 Å². The van der Waals surface area contributed by atoms with Gasteiger partial charge in [-0.3, -0.25) is 4.79 Å². The lowest BCUT2D eigenvalue weighted by atomic mass is 10.1. The van der Waals surface area contributed by atoms with Crippen LogP contribution in [-0.4, -0.2) is 5.78 Å². The summed E-state index contributed by atoms with van der Waals surface area (Å²) in [7, 11) is 0. The molecular formula is C14H13BrO2. The number of hydrogen-bond acceptors (Lipinski definition) is 2. The fourth-order valence-electron chi connectivity index (χ4n) is 1.77. The zero-order valence-electron chi connectivity index (χ0n) is 10.0. The fraction of sp³-hybridized carbons (Fsp3) is 0.214. The van der Waals surface area contributed by atoms with Gasteiger partial charge in [0.25, 0.3) is 0 Å². The number of benzene rings is 1. The smallest absolute Gasteiger partial charge is 0.194 e. The molecule has 3 heteroatoms. The van der Waals surface area contributed by atoms with Crippen LogP contribution in [0.25, 0.3) is 11.3 Å². The van der Waals surface area contributed by atoms with Gasteiger partial charge in [0.2, 0.25) is 0 Å². The van der Waals surface area contributed by atoms with Gasteiger partial charge in [-0.1, -0.05) is 15.9 Å². The maximum atomic E-state index is 11.2. The van der Waals surface area contributed by atoms with Gasteiger partial charge in [-0.05, 0) is 49.2 Å². The van der Waals surface area contributed by atoms with Crippen molar-refractivity contribution in [2.75, 3.05) is 0 Å². The van der Waals surface area contributed by atoms with Crippen molar-refractivity contribution in [2.45, 2.75) is 20.8 Å². The summed E-state index contributed by atoms with van der Waals surface area (Å²) in [6, 6.07) is 7.63. The first-order valence-electron chi connectivity index (χ1n) is 5.37. The minimum atomic E-state index is -0.0539. The van der Waals surface area contributed by atoms with Gasteiger partial charge in [-0.15, -0.1) is 0 Å². The third-order valence-electron chi connectivity index (χ3n) is 2.67. The molecule has 0 spiro atoms. The molecule has 0 amide bonds. The van der Waals surface area contributed by atoms with Crippen LogP contribution in [0.1, 0.15) is 28.6 Å². The zero-order valence-corrected chi connectivity index (χ0v) is 11.6. The molecule has 1 aromatic carbocycles. The van der Waals surface area contributed by atoms with Crippen LogP contribution in [0.3, 0.4) is 0 Å². The van der Waals surface area contributed by atoms with Crippen molar-refractivity contribution in [3.63, 3.8) is 0 Å². The maximum absolute atomic E-state index is 11.2. The van der Waals surface area contributed by atoms with Crippen LogP contribution in [0.2, 0.25) is 0 Å². The van der Waals surface area contributed by atoms with Gasteiger partial charge < -0.3 is 4.42 Å². The SMILES string of the molecule is CC(=O)c1ccc(-c2cc(C)c(Br)c(C)c2)o1. The van der Waals surface area contributed by atoms with Crippen molar-refractivity contribution in [2.24, 2.45) is 0 Å². The molecule has 0 aliphatic heterocycles. The number of carbonyl (C=O) groups excluding carboxylic acids is 1. The highest BCUT2D eigenvalue weighted by atomic mass is 79.9. The van der Waals surface area contributed by atoms with E-state index in [-0.39, 0.29) is 5.78 Å². The van der Waals surface area contributed by atoms with Gasteiger partial charge in [-0.2, -0.15) is 0 Å². The number of ketones is 1. The van der Waals surface area contributed by atoms with E-state index in [0.29, 0.717) is 5.76 Å². The van der Waals surface area contributed by atoms with E-state index in [9.17, 15) is 4.79 Å². The average molecular weight is 293 g/mol. The number of carbonyl (C=O) groups is 1. The molecule has 0 aliphatic carbocycles. The molecule has 0 fully saturated rings. The molecule has 17 heavy (non-hydrogen) atoms. The van der Waals surface area contributed by atoms with Gasteiger partial charge >= 0.3 is 0 Å². The normalized spacial score (nSPS) is 10.6. The maximum Gasteiger partial charge on any atom is 0.194 e. The van der Waals surface area contributed by atoms with Gasteiger partial charge in [-0.25, -0.2) is 0 Å². The summed E-state index contributed by atoms with van der Waals surface area (Å²) < 4.78 is 6.63. The van der Waals surface area contributed by atoms with Crippen molar-refractivity contribution in [1.29, 1.82) is 0 Å². The molecule has 2 aromatic rings. The van der Waals surface area contributed by atoms with Crippen molar-refractivity contribution >= 4 is 21.7 Å². The molecule has 0 saturated heterocycles. The highest BCUT2D eigenvalue weighted by Gasteiger charge is 2.10. The lowest BCUT2D eigenvalue weighted by molar-refractivity contribution is 0.0988. The second-order valence-corrected chi connectivity index (χ2v) is 4.94. The summed E-state index contributed by atoms with van der Waals surface area (Å²) in [5.41, 5.74) is 3.30. The summed E-state index contributed by atoms with van der Waals surface area (Å²) in [5, 5.41) is 0. The summed E-state index contributed by atoms with van der Waals surface area (Å²) in [4.78, 5) is 11.2. The van der Waals surface area contributed by atoms with E-state index in [1.54, 1.807) is 6.07 Å². The molecular weight excluding hydrogens is 280 g/mol. The van der Waals surface area contributed by atoms with Gasteiger partial charge in [0, 0.05) is 17.0 Å². The van der Waals surface area contributed by atoms with Crippen LogP contribution in [-0.2, 0) is 0 Å². The van der Waals surface area contributed by atoms with Crippen molar-refractivity contribution in [1.82, 2.24) is 0 Å². The monoisotopic (exact) mass is 292 g/mol. The summed E-state index contributed by atoms with van der Waals surface area (Å²) in [5.74, 6) is 1.08. The molecule has 0 radical (unpaired) electrons. The Morgan fingerprint density at radius 3 is 2.24 bits per heavy atom. The Morgan fingerprint density at radius 1 is 1.18 bits per heavy atom. The molecule has 0 aliphatic rings. The lowest BCUT2D eigenvalue weighted by Crippen LogP contribution is -1.87. The second-order valence-electron chi connectivity index (χ2n) is 4.14. The molecule has 0 N–H and O–H groups in total. The number of hydrogen-bond donors (Lipinski definition) is 0. The highest BCUT2D eigenvalue weighted by Crippen LogP contribution is 2.29. The van der Waals surface area contributed by atoms with E-state index in [2.05, 4.69) is 15.9 Å². The van der Waals surface area contributed by atoms with Gasteiger partial charge in [0.1, 0.15) is 5.76 Å². The molecule has 2 nitrogen and oxygen atoms in total. The summed E-state index contributed by atoms with van der Waals surface area (Å²) in [6.07, 6.45) is 0. The van der Waals surface area contributed by atoms with E-state index in [0.717, 1.165) is 26.9 Å². The van der Waals surface area contributed by atoms with Crippen LogP contribution in [0.4, 0.5) is 0 Å². The highest BCUT2D eigenvalue weighted by molar-refractivity contribution is 9.10. The standard InChI is InChI=1S/C14H13BrO2/c1-8-6-11(7-9(2)14(8)15)13-5-4-12(17-13)10(3)16/h4-7H,1-3H3. The van der Waals surface area contributed by atoms with Crippen LogP contribution in [0.15, 0.2) is 33.2 Å². The Morgan fingerprint density at radius 2 is 1.76 bits per heavy atom. The predicted octanol–water partition coefficient (Wildman–Crippen LogP) is 4.53. The van der Waals surface area contributed by atoms with Crippen LogP contribution in [0.5, 0.6) is 0 Å². The molecule has 0 bridgehead atoms. The molecule has 0 unspecified atom stereocenters. The minimum absolute atomic E-state index is 0.0539. The molecule has 2 rings (SSSR count). The Balaban J connectivity index is 2.49. The first-order valence-corrected chi connectivity index (χ1v) is 6.16. The van der Waals surface area contributed by atoms with Crippen LogP contribution >= 0.6 is 15.9 Å². The first kappa shape index (κ1) is 12.1. The van der Waals surface area contributed by atoms with Gasteiger partial charge in [0.15, 0.2) is 11.5 Å². The van der Waals surface area contributed by atoms with E-state index in [1.165, 1.54) is 6.92 Å². The number of rotatable bonds is 2. The van der Waals surface area contributed by atoms with E-state index in [1.807, 2.05) is 32.0 Å². The van der Waals surface area contributed by atoms with Crippen molar-refractivity contribution in [3.8, 4) is 11.3 Å². The Kier molecular flexibility index (Phi) is 3.20. The van der Waals surface area contributed by atoms with Crippen LogP contribution in [0, 0.1) is 13.8 Å². The molecule has 1 heterocycles. The first-order chi connectivity index (χ1) is 7.99. The predicted molar refractivity (Wildman–Crippen MR) is 71.3 cm³/mol. The molecule has 0 atom stereocenters. The topological polar surface area (TPSA) is 30.2 Å². The summed E-state index contributed by atoms with van der Waals surface area (Å²) in [6.45, 7) is 5.57. The minimum Gasteiger partial charge on any atom is -0.453 e. The second kappa shape index (κ2) is 4.49. The molecule has 0 saturated carbocycles. The van der Waals surface area contributed by atoms with Crippen molar-refractivity contribution < 1.29 is 9.21 Å². The van der Waals surface area contributed by atoms with Crippen molar-refractivity contribution in [3.05, 3.63) is 45.6 Å². The lowest BCUT2D eigenvalue weighted by Gasteiger charge is -2.05. The quantitative estimate of drug-likeness (QED) is 0.761. The summed E-state index contributed by atoms with van der Waals surface area (Å²) >= 11 is 3.53. The third kappa shape index (κ3) is 2.34. The fourth-order valence-corrected chi connectivity index (χ4v) is 2.00. The average Bonchev–Trinajstić information content (AvgIpc) is 2.74. The van der Waals surface area contributed by atoms with Gasteiger partial charge in [0.05, 0.1) is 0 Å². The molecule has 88 valence electrons. The Hall–Kier alpha value is -1.35. The Bertz CT molecular complexity index is 559. The molecule has 1 aromatic heterocycles. The van der Waals surface area contributed by atoms with E-state index >= 15 is 0 Å². The third-order valence-corrected chi connectivity index (χ3v) is 3.92. The number of aryl methyl sites for hydroxylation is 2. The zero-order chi connectivity index (χ0) is 12.6. The van der Waals surface area contributed by atoms with E-state index in [4.69, 9.17) is 4.42 Å². The van der Waals surface area contributed by atoms with Crippen LogP contribution < -0.4 is 0 Å². The number of furan rings is 1. The number of Topliss-reactive ketones (excluding diaryl/α,β-unsaturated/α-hetero) is 1. The number of halogens is 1. The Labute approximate surface area is 109 Å².